The van der Waals surface area contributed by atoms with Gasteiger partial charge in [-0.1, -0.05) is 24.6 Å². The van der Waals surface area contributed by atoms with Crippen molar-refractivity contribution in [2.24, 2.45) is 0 Å². The number of hydrogen-bond donors (Lipinski definition) is 0. The molecule has 0 saturated carbocycles. The summed E-state index contributed by atoms with van der Waals surface area (Å²) >= 11 is 14.4. The maximum Gasteiger partial charge on any atom is 0.137 e. The van der Waals surface area contributed by atoms with Gasteiger partial charge >= 0.3 is 0 Å². The number of thiophene rings is 1. The second-order valence-corrected chi connectivity index (χ2v) is 5.71. The van der Waals surface area contributed by atoms with Crippen molar-refractivity contribution in [3.63, 3.8) is 0 Å². The number of benzene rings is 1. The Balaban J connectivity index is 2.34. The quantitative estimate of drug-likeness (QED) is 0.696. The molecule has 1 aromatic carbocycles. The lowest BCUT2D eigenvalue weighted by atomic mass is 10.1. The molecule has 2 aromatic rings. The Morgan fingerprint density at radius 3 is 2.72 bits per heavy atom. The van der Waals surface area contributed by atoms with Crippen molar-refractivity contribution in [3.05, 3.63) is 50.7 Å². The zero-order valence-corrected chi connectivity index (χ0v) is 12.6. The van der Waals surface area contributed by atoms with Crippen molar-refractivity contribution in [2.75, 3.05) is 7.11 Å². The summed E-state index contributed by atoms with van der Waals surface area (Å²) in [5.74, 6) is 0.672. The van der Waals surface area contributed by atoms with Gasteiger partial charge in [0.2, 0.25) is 0 Å². The minimum atomic E-state index is -0.150. The van der Waals surface area contributed by atoms with Gasteiger partial charge in [-0.15, -0.1) is 22.9 Å². The summed E-state index contributed by atoms with van der Waals surface area (Å²) in [6.07, 6.45) is 0.992. The van der Waals surface area contributed by atoms with E-state index in [9.17, 15) is 0 Å². The van der Waals surface area contributed by atoms with E-state index in [1.807, 2.05) is 18.2 Å². The second-order valence-electron chi connectivity index (χ2n) is 3.92. The van der Waals surface area contributed by atoms with Crippen molar-refractivity contribution < 1.29 is 4.74 Å². The van der Waals surface area contributed by atoms with Gasteiger partial charge in [-0.2, -0.15) is 0 Å². The first-order valence-corrected chi connectivity index (χ1v) is 7.40. The molecule has 1 unspecified atom stereocenters. The lowest BCUT2D eigenvalue weighted by Crippen LogP contribution is -1.95. The Morgan fingerprint density at radius 1 is 1.33 bits per heavy atom. The SMILES string of the molecule is CCc1ccsc1C(Cl)c1ccc(OC)c(Cl)c1. The Bertz CT molecular complexity index is 536. The lowest BCUT2D eigenvalue weighted by Gasteiger charge is -2.12. The number of halogens is 2. The van der Waals surface area contributed by atoms with Gasteiger partial charge in [-0.3, -0.25) is 0 Å². The monoisotopic (exact) mass is 300 g/mol. The Kier molecular flexibility index (Phi) is 4.55. The van der Waals surface area contributed by atoms with Crippen LogP contribution in [0.4, 0.5) is 0 Å². The third kappa shape index (κ3) is 2.66. The normalized spacial score (nSPS) is 12.4. The number of rotatable bonds is 4. The van der Waals surface area contributed by atoms with E-state index in [1.165, 1.54) is 10.4 Å². The van der Waals surface area contributed by atoms with Crippen LogP contribution in [0.5, 0.6) is 5.75 Å². The fourth-order valence-electron chi connectivity index (χ4n) is 1.85. The highest BCUT2D eigenvalue weighted by molar-refractivity contribution is 7.10. The predicted octanol–water partition coefficient (Wildman–Crippen LogP) is 5.30. The number of ether oxygens (including phenoxy) is 1. The van der Waals surface area contributed by atoms with E-state index in [2.05, 4.69) is 18.4 Å². The van der Waals surface area contributed by atoms with Crippen molar-refractivity contribution >= 4 is 34.5 Å². The summed E-state index contributed by atoms with van der Waals surface area (Å²) in [5.41, 5.74) is 2.30. The van der Waals surface area contributed by atoms with Crippen LogP contribution in [0.2, 0.25) is 5.02 Å². The number of methoxy groups -OCH3 is 1. The van der Waals surface area contributed by atoms with Gasteiger partial charge in [0.15, 0.2) is 0 Å². The lowest BCUT2D eigenvalue weighted by molar-refractivity contribution is 0.415. The van der Waals surface area contributed by atoms with Crippen LogP contribution in [0.25, 0.3) is 0 Å². The van der Waals surface area contributed by atoms with Gasteiger partial charge in [0.1, 0.15) is 5.75 Å². The molecule has 0 saturated heterocycles. The molecule has 1 nitrogen and oxygen atoms in total. The van der Waals surface area contributed by atoms with E-state index in [4.69, 9.17) is 27.9 Å². The van der Waals surface area contributed by atoms with Gasteiger partial charge in [0.05, 0.1) is 17.5 Å². The molecular formula is C14H14Cl2OS. The highest BCUT2D eigenvalue weighted by Crippen LogP contribution is 2.37. The zero-order valence-electron chi connectivity index (χ0n) is 10.2. The Morgan fingerprint density at radius 2 is 2.11 bits per heavy atom. The molecule has 2 rings (SSSR count). The average Bonchev–Trinajstić information content (AvgIpc) is 2.86. The maximum absolute atomic E-state index is 6.54. The molecule has 18 heavy (non-hydrogen) atoms. The van der Waals surface area contributed by atoms with Crippen molar-refractivity contribution in [3.8, 4) is 5.75 Å². The molecule has 0 bridgehead atoms. The van der Waals surface area contributed by atoms with E-state index in [0.29, 0.717) is 10.8 Å². The Labute approximate surface area is 121 Å². The molecule has 0 aliphatic carbocycles. The molecule has 1 heterocycles. The topological polar surface area (TPSA) is 9.23 Å². The van der Waals surface area contributed by atoms with E-state index in [1.54, 1.807) is 18.4 Å². The number of alkyl halides is 1. The minimum Gasteiger partial charge on any atom is -0.495 e. The summed E-state index contributed by atoms with van der Waals surface area (Å²) in [7, 11) is 1.60. The highest BCUT2D eigenvalue weighted by atomic mass is 35.5. The molecule has 0 fully saturated rings. The van der Waals surface area contributed by atoms with Crippen LogP contribution >= 0.6 is 34.5 Å². The van der Waals surface area contributed by atoms with E-state index in [-0.39, 0.29) is 5.38 Å². The number of hydrogen-bond acceptors (Lipinski definition) is 2. The van der Waals surface area contributed by atoms with Crippen LogP contribution < -0.4 is 4.74 Å². The van der Waals surface area contributed by atoms with Crippen LogP contribution in [0, 0.1) is 0 Å². The van der Waals surface area contributed by atoms with Gasteiger partial charge in [0.25, 0.3) is 0 Å². The first-order chi connectivity index (χ1) is 8.67. The second kappa shape index (κ2) is 5.96. The van der Waals surface area contributed by atoms with Gasteiger partial charge in [-0.25, -0.2) is 0 Å². The Hall–Kier alpha value is -0.700. The van der Waals surface area contributed by atoms with Gasteiger partial charge in [0, 0.05) is 4.88 Å². The molecule has 0 aliphatic heterocycles. The van der Waals surface area contributed by atoms with Crippen molar-refractivity contribution in [2.45, 2.75) is 18.7 Å². The molecule has 0 spiro atoms. The van der Waals surface area contributed by atoms with Gasteiger partial charge < -0.3 is 4.74 Å². The summed E-state index contributed by atoms with van der Waals surface area (Å²) in [4.78, 5) is 1.19. The fraction of sp³-hybridized carbons (Fsp3) is 0.286. The number of aryl methyl sites for hydroxylation is 1. The third-order valence-electron chi connectivity index (χ3n) is 2.86. The molecule has 4 heteroatoms. The molecule has 1 atom stereocenters. The third-order valence-corrected chi connectivity index (χ3v) is 4.78. The molecule has 96 valence electrons. The summed E-state index contributed by atoms with van der Waals surface area (Å²) in [6, 6.07) is 7.81. The minimum absolute atomic E-state index is 0.150. The van der Waals surface area contributed by atoms with E-state index < -0.39 is 0 Å². The van der Waals surface area contributed by atoms with Crippen LogP contribution in [-0.4, -0.2) is 7.11 Å². The van der Waals surface area contributed by atoms with Gasteiger partial charge in [-0.05, 0) is 41.1 Å². The van der Waals surface area contributed by atoms with Crippen molar-refractivity contribution in [1.82, 2.24) is 0 Å². The van der Waals surface area contributed by atoms with Crippen molar-refractivity contribution in [1.29, 1.82) is 0 Å². The molecular weight excluding hydrogens is 287 g/mol. The molecule has 0 N–H and O–H groups in total. The first kappa shape index (κ1) is 13.7. The molecule has 1 aromatic heterocycles. The molecule has 0 radical (unpaired) electrons. The van der Waals surface area contributed by atoms with E-state index in [0.717, 1.165) is 12.0 Å². The van der Waals surface area contributed by atoms with Crippen LogP contribution in [-0.2, 0) is 6.42 Å². The smallest absolute Gasteiger partial charge is 0.137 e. The highest BCUT2D eigenvalue weighted by Gasteiger charge is 2.16. The maximum atomic E-state index is 6.54. The molecule has 0 aliphatic rings. The average molecular weight is 301 g/mol. The standard InChI is InChI=1S/C14H14Cl2OS/c1-3-9-6-7-18-14(9)13(16)10-4-5-12(17-2)11(15)8-10/h4-8,13H,3H2,1-2H3. The van der Waals surface area contributed by atoms with Crippen LogP contribution in [0.15, 0.2) is 29.6 Å². The fourth-order valence-corrected chi connectivity index (χ4v) is 3.55. The predicted molar refractivity (Wildman–Crippen MR) is 79.4 cm³/mol. The van der Waals surface area contributed by atoms with Crippen LogP contribution in [0.3, 0.4) is 0 Å². The summed E-state index contributed by atoms with van der Waals surface area (Å²) < 4.78 is 5.14. The zero-order chi connectivity index (χ0) is 13.1. The summed E-state index contributed by atoms with van der Waals surface area (Å²) in [5, 5.41) is 2.52. The van der Waals surface area contributed by atoms with Crippen LogP contribution in [0.1, 0.15) is 28.3 Å². The largest absolute Gasteiger partial charge is 0.495 e. The first-order valence-electron chi connectivity index (χ1n) is 5.71. The molecule has 0 amide bonds. The van der Waals surface area contributed by atoms with E-state index >= 15 is 0 Å². The summed E-state index contributed by atoms with van der Waals surface area (Å²) in [6.45, 7) is 2.14.